The lowest BCUT2D eigenvalue weighted by atomic mass is 10.1. The van der Waals surface area contributed by atoms with Crippen LogP contribution >= 0.6 is 0 Å². The molecule has 1 aromatic carbocycles. The molecule has 1 unspecified atom stereocenters. The van der Waals surface area contributed by atoms with Gasteiger partial charge in [0.15, 0.2) is 5.82 Å². The summed E-state index contributed by atoms with van der Waals surface area (Å²) in [5, 5.41) is 2.91. The average molecular weight is 485 g/mol. The number of rotatable bonds is 6. The molecule has 3 aromatic rings. The number of benzene rings is 1. The summed E-state index contributed by atoms with van der Waals surface area (Å²) >= 11 is 0. The van der Waals surface area contributed by atoms with E-state index in [4.69, 9.17) is 9.47 Å². The maximum atomic E-state index is 14.9. The van der Waals surface area contributed by atoms with Crippen molar-refractivity contribution < 1.29 is 18.3 Å². The lowest BCUT2D eigenvalue weighted by molar-refractivity contribution is -0.00439. The highest BCUT2D eigenvalue weighted by Crippen LogP contribution is 2.31. The Balaban J connectivity index is 1.36. The summed E-state index contributed by atoms with van der Waals surface area (Å²) in [7, 11) is 0. The van der Waals surface area contributed by atoms with Gasteiger partial charge in [-0.15, -0.1) is 0 Å². The first kappa shape index (κ1) is 23.8. The predicted molar refractivity (Wildman–Crippen MR) is 127 cm³/mol. The van der Waals surface area contributed by atoms with Gasteiger partial charge in [0.25, 0.3) is 0 Å². The molecule has 35 heavy (non-hydrogen) atoms. The molecule has 1 N–H and O–H groups in total. The van der Waals surface area contributed by atoms with Gasteiger partial charge < -0.3 is 19.4 Å². The molecular formula is C25H30F2N6O2. The zero-order chi connectivity index (χ0) is 24.4. The van der Waals surface area contributed by atoms with E-state index in [0.29, 0.717) is 38.7 Å². The number of aromatic nitrogens is 4. The molecule has 0 aliphatic carbocycles. The minimum absolute atomic E-state index is 0.118. The van der Waals surface area contributed by atoms with E-state index in [0.717, 1.165) is 37.0 Å². The van der Waals surface area contributed by atoms with Crippen molar-refractivity contribution in [1.29, 1.82) is 0 Å². The van der Waals surface area contributed by atoms with Crippen LogP contribution in [0.15, 0.2) is 30.6 Å². The highest BCUT2D eigenvalue weighted by Gasteiger charge is 2.24. The van der Waals surface area contributed by atoms with Crippen LogP contribution in [-0.2, 0) is 16.0 Å². The van der Waals surface area contributed by atoms with Crippen molar-refractivity contribution in [3.05, 3.63) is 53.6 Å². The topological polar surface area (TPSA) is 77.3 Å². The normalized spacial score (nSPS) is 19.7. The van der Waals surface area contributed by atoms with Crippen LogP contribution in [0.1, 0.15) is 37.2 Å². The van der Waals surface area contributed by atoms with E-state index < -0.39 is 11.6 Å². The summed E-state index contributed by atoms with van der Waals surface area (Å²) in [6.45, 7) is 8.13. The Morgan fingerprint density at radius 1 is 1.06 bits per heavy atom. The molecule has 2 saturated heterocycles. The number of imidazole rings is 1. The van der Waals surface area contributed by atoms with Crippen LogP contribution in [0.4, 0.5) is 20.4 Å². The maximum absolute atomic E-state index is 14.9. The Morgan fingerprint density at radius 3 is 2.66 bits per heavy atom. The summed E-state index contributed by atoms with van der Waals surface area (Å²) in [4.78, 5) is 15.1. The first-order chi connectivity index (χ1) is 17.0. The SMILES string of the molecule is Cc1ncc(-c2nc(Nc3ccc(CN4CCOCC4C)cc3F)ncc2F)n1C1CCOCC1. The molecule has 0 amide bonds. The largest absolute Gasteiger partial charge is 0.381 e. The second-order valence-electron chi connectivity index (χ2n) is 9.13. The Bertz CT molecular complexity index is 1180. The van der Waals surface area contributed by atoms with Gasteiger partial charge in [0.1, 0.15) is 17.3 Å². The van der Waals surface area contributed by atoms with Crippen molar-refractivity contribution in [1.82, 2.24) is 24.4 Å². The van der Waals surface area contributed by atoms with Gasteiger partial charge in [0, 0.05) is 38.4 Å². The third-order valence-electron chi connectivity index (χ3n) is 6.70. The predicted octanol–water partition coefficient (Wildman–Crippen LogP) is 4.24. The first-order valence-corrected chi connectivity index (χ1v) is 12.0. The van der Waals surface area contributed by atoms with Gasteiger partial charge in [-0.2, -0.15) is 0 Å². The maximum Gasteiger partial charge on any atom is 0.228 e. The molecular weight excluding hydrogens is 454 g/mol. The summed E-state index contributed by atoms with van der Waals surface area (Å²) in [6.07, 6.45) is 4.38. The van der Waals surface area contributed by atoms with Gasteiger partial charge in [0.2, 0.25) is 5.95 Å². The molecule has 186 valence electrons. The van der Waals surface area contributed by atoms with Crippen LogP contribution in [-0.4, -0.2) is 63.4 Å². The Labute approximate surface area is 203 Å². The number of nitrogens with one attached hydrogen (secondary N) is 1. The number of aryl methyl sites for hydroxylation is 1. The van der Waals surface area contributed by atoms with Crippen molar-refractivity contribution >= 4 is 11.6 Å². The number of hydrogen-bond donors (Lipinski definition) is 1. The zero-order valence-electron chi connectivity index (χ0n) is 20.0. The molecule has 5 rings (SSSR count). The number of hydrogen-bond acceptors (Lipinski definition) is 7. The lowest BCUT2D eigenvalue weighted by Gasteiger charge is -2.33. The Hall–Kier alpha value is -2.95. The molecule has 2 fully saturated rings. The summed E-state index contributed by atoms with van der Waals surface area (Å²) in [5.74, 6) is -0.0666. The molecule has 0 bridgehead atoms. The fourth-order valence-corrected chi connectivity index (χ4v) is 4.75. The van der Waals surface area contributed by atoms with E-state index in [1.807, 2.05) is 17.6 Å². The minimum atomic E-state index is -0.556. The van der Waals surface area contributed by atoms with Crippen LogP contribution in [0.3, 0.4) is 0 Å². The van der Waals surface area contributed by atoms with Crippen LogP contribution in [0.5, 0.6) is 0 Å². The van der Waals surface area contributed by atoms with Gasteiger partial charge in [-0.1, -0.05) is 6.07 Å². The molecule has 2 aromatic heterocycles. The number of nitrogens with zero attached hydrogens (tertiary/aromatic N) is 5. The van der Waals surface area contributed by atoms with E-state index in [1.54, 1.807) is 12.3 Å². The average Bonchev–Trinajstić information content (AvgIpc) is 3.25. The van der Waals surface area contributed by atoms with Crippen molar-refractivity contribution in [2.24, 2.45) is 0 Å². The minimum Gasteiger partial charge on any atom is -0.381 e. The monoisotopic (exact) mass is 484 g/mol. The second kappa shape index (κ2) is 10.3. The third kappa shape index (κ3) is 5.19. The number of anilines is 2. The number of ether oxygens (including phenoxy) is 2. The molecule has 8 nitrogen and oxygen atoms in total. The van der Waals surface area contributed by atoms with E-state index in [1.165, 1.54) is 6.07 Å². The Morgan fingerprint density at radius 2 is 1.89 bits per heavy atom. The van der Waals surface area contributed by atoms with Gasteiger partial charge in [-0.25, -0.2) is 23.7 Å². The van der Waals surface area contributed by atoms with Crippen molar-refractivity contribution in [3.63, 3.8) is 0 Å². The van der Waals surface area contributed by atoms with E-state index >= 15 is 0 Å². The summed E-state index contributed by atoms with van der Waals surface area (Å²) in [5.41, 5.74) is 1.81. The number of morpholine rings is 1. The fraction of sp³-hybridized carbons (Fsp3) is 0.480. The summed E-state index contributed by atoms with van der Waals surface area (Å²) < 4.78 is 42.7. The molecule has 2 aliphatic heterocycles. The van der Waals surface area contributed by atoms with Crippen LogP contribution < -0.4 is 5.32 Å². The van der Waals surface area contributed by atoms with Gasteiger partial charge in [-0.05, 0) is 44.4 Å². The molecule has 0 spiro atoms. The van der Waals surface area contributed by atoms with E-state index in [-0.39, 0.29) is 29.4 Å². The lowest BCUT2D eigenvalue weighted by Crippen LogP contribution is -2.42. The molecule has 10 heteroatoms. The fourth-order valence-electron chi connectivity index (χ4n) is 4.75. The standard InChI is InChI=1S/C25H30F2N6O2/c1-16-15-35-10-7-32(16)14-18-3-4-22(20(26)11-18)30-25-29-12-21(27)24(31-25)23-13-28-17(2)33(23)19-5-8-34-9-6-19/h3-4,11-13,16,19H,5-10,14-15H2,1-2H3,(H,29,30,31). The van der Waals surface area contributed by atoms with Crippen LogP contribution in [0.25, 0.3) is 11.4 Å². The van der Waals surface area contributed by atoms with E-state index in [9.17, 15) is 8.78 Å². The van der Waals surface area contributed by atoms with E-state index in [2.05, 4.69) is 32.1 Å². The molecule has 0 saturated carbocycles. The van der Waals surface area contributed by atoms with Gasteiger partial charge in [0.05, 0.1) is 37.0 Å². The molecule has 2 aliphatic rings. The highest BCUT2D eigenvalue weighted by atomic mass is 19.1. The Kier molecular flexibility index (Phi) is 7.03. The zero-order valence-corrected chi connectivity index (χ0v) is 20.0. The molecule has 1 atom stereocenters. The number of halogens is 2. The van der Waals surface area contributed by atoms with Crippen LogP contribution in [0.2, 0.25) is 0 Å². The van der Waals surface area contributed by atoms with Gasteiger partial charge in [-0.3, -0.25) is 4.90 Å². The quantitative estimate of drug-likeness (QED) is 0.561. The van der Waals surface area contributed by atoms with Crippen LogP contribution in [0, 0.1) is 18.6 Å². The van der Waals surface area contributed by atoms with Gasteiger partial charge >= 0.3 is 0 Å². The molecule has 0 radical (unpaired) electrons. The highest BCUT2D eigenvalue weighted by molar-refractivity contribution is 5.60. The molecule has 4 heterocycles. The smallest absolute Gasteiger partial charge is 0.228 e. The second-order valence-corrected chi connectivity index (χ2v) is 9.13. The third-order valence-corrected chi connectivity index (χ3v) is 6.70. The van der Waals surface area contributed by atoms with Crippen molar-refractivity contribution in [2.45, 2.75) is 45.3 Å². The van der Waals surface area contributed by atoms with Crippen molar-refractivity contribution in [3.8, 4) is 11.4 Å². The first-order valence-electron chi connectivity index (χ1n) is 12.0. The van der Waals surface area contributed by atoms with Crippen molar-refractivity contribution in [2.75, 3.05) is 38.3 Å². The summed E-state index contributed by atoms with van der Waals surface area (Å²) in [6, 6.07) is 5.50.